The van der Waals surface area contributed by atoms with Gasteiger partial charge in [-0.3, -0.25) is 9.69 Å². The number of hydrogen-bond donors (Lipinski definition) is 0. The van der Waals surface area contributed by atoms with Crippen LogP contribution in [0.2, 0.25) is 0 Å². The number of alkyl halides is 3. The minimum absolute atomic E-state index is 0.172. The summed E-state index contributed by atoms with van der Waals surface area (Å²) >= 11 is 0. The molecule has 2 fully saturated rings. The molecule has 4 rings (SSSR count). The highest BCUT2D eigenvalue weighted by atomic mass is 19.4. The second-order valence-electron chi connectivity index (χ2n) is 7.97. The Morgan fingerprint density at radius 3 is 2.18 bits per heavy atom. The van der Waals surface area contributed by atoms with Crippen LogP contribution in [0.4, 0.5) is 13.2 Å². The normalized spacial score (nSPS) is 25.5. The molecule has 2 nitrogen and oxygen atoms in total. The Balaban J connectivity index is 1.54. The third-order valence-electron chi connectivity index (χ3n) is 6.20. The summed E-state index contributed by atoms with van der Waals surface area (Å²) in [5, 5.41) is 0. The van der Waals surface area contributed by atoms with Crippen molar-refractivity contribution in [2.24, 2.45) is 5.92 Å². The van der Waals surface area contributed by atoms with Crippen LogP contribution in [0.25, 0.3) is 0 Å². The number of benzene rings is 2. The summed E-state index contributed by atoms with van der Waals surface area (Å²) in [6.45, 7) is 0.843. The molecule has 148 valence electrons. The van der Waals surface area contributed by atoms with E-state index in [1.165, 1.54) is 23.8 Å². The third kappa shape index (κ3) is 3.86. The van der Waals surface area contributed by atoms with Gasteiger partial charge in [-0.25, -0.2) is 0 Å². The molecule has 2 aromatic rings. The molecule has 2 aliphatic heterocycles. The van der Waals surface area contributed by atoms with Gasteiger partial charge >= 0.3 is 6.18 Å². The predicted molar refractivity (Wildman–Crippen MR) is 102 cm³/mol. The molecule has 2 saturated heterocycles. The number of hydrogen-bond acceptors (Lipinski definition) is 2. The average Bonchev–Trinajstić information content (AvgIpc) is 2.67. The molecule has 2 unspecified atom stereocenters. The molecule has 2 heterocycles. The number of piperidine rings is 2. The van der Waals surface area contributed by atoms with Crippen molar-refractivity contribution in [3.63, 3.8) is 0 Å². The lowest BCUT2D eigenvalue weighted by Crippen LogP contribution is -2.52. The Bertz CT molecular complexity index is 819. The zero-order valence-corrected chi connectivity index (χ0v) is 15.7. The minimum Gasteiger partial charge on any atom is -0.294 e. The van der Waals surface area contributed by atoms with Crippen molar-refractivity contribution >= 4 is 5.78 Å². The van der Waals surface area contributed by atoms with Crippen LogP contribution in [0, 0.1) is 5.92 Å². The molecule has 0 aliphatic carbocycles. The molecule has 0 aromatic heterocycles. The highest BCUT2D eigenvalue weighted by molar-refractivity contribution is 5.99. The summed E-state index contributed by atoms with van der Waals surface area (Å²) < 4.78 is 40.1. The van der Waals surface area contributed by atoms with Gasteiger partial charge in [-0.15, -0.1) is 0 Å². The first-order chi connectivity index (χ1) is 13.4. The first kappa shape index (κ1) is 19.2. The van der Waals surface area contributed by atoms with E-state index >= 15 is 0 Å². The number of ketones is 1. The van der Waals surface area contributed by atoms with Gasteiger partial charge in [0.25, 0.3) is 0 Å². The molecular weight excluding hydrogens is 363 g/mol. The Hall–Kier alpha value is -2.14. The first-order valence-corrected chi connectivity index (χ1v) is 9.93. The van der Waals surface area contributed by atoms with Crippen LogP contribution in [0.15, 0.2) is 54.6 Å². The molecule has 2 atom stereocenters. The van der Waals surface area contributed by atoms with Crippen LogP contribution in [0.1, 0.15) is 53.6 Å². The lowest BCUT2D eigenvalue weighted by Gasteiger charge is -2.48. The average molecular weight is 387 g/mol. The first-order valence-electron chi connectivity index (χ1n) is 9.93. The van der Waals surface area contributed by atoms with Gasteiger partial charge in [0.05, 0.1) is 5.56 Å². The quantitative estimate of drug-likeness (QED) is 0.625. The Kier molecular flexibility index (Phi) is 5.28. The largest absolute Gasteiger partial charge is 0.417 e. The zero-order valence-electron chi connectivity index (χ0n) is 15.7. The van der Waals surface area contributed by atoms with E-state index in [2.05, 4.69) is 17.0 Å². The lowest BCUT2D eigenvalue weighted by molar-refractivity contribution is -0.138. The lowest BCUT2D eigenvalue weighted by atomic mass is 9.75. The fraction of sp³-hybridized carbons (Fsp3) is 0.435. The maximum absolute atomic E-state index is 13.4. The molecule has 0 N–H and O–H groups in total. The van der Waals surface area contributed by atoms with E-state index in [-0.39, 0.29) is 29.3 Å². The van der Waals surface area contributed by atoms with Gasteiger partial charge in [0.2, 0.25) is 0 Å². The molecule has 5 heteroatoms. The number of fused-ring (bicyclic) bond motifs is 2. The van der Waals surface area contributed by atoms with Crippen molar-refractivity contribution in [1.29, 1.82) is 0 Å². The van der Waals surface area contributed by atoms with E-state index in [4.69, 9.17) is 0 Å². The predicted octanol–water partition coefficient (Wildman–Crippen LogP) is 5.72. The van der Waals surface area contributed by atoms with Gasteiger partial charge in [-0.2, -0.15) is 13.2 Å². The molecule has 0 saturated carbocycles. The van der Waals surface area contributed by atoms with Crippen LogP contribution in [0.5, 0.6) is 0 Å². The Morgan fingerprint density at radius 1 is 0.929 bits per heavy atom. The number of carbonyl (C=O) groups excluding carboxylic acids is 1. The standard InChI is InChI=1S/C23H24F3NO/c24-23(25,26)21-12-5-4-11-20(21)22(28)17-13-18-9-6-10-19(14-17)27(18)15-16-7-2-1-3-8-16/h1-5,7-8,11-12,17-19H,6,9-10,13-15H2. The third-order valence-corrected chi connectivity index (χ3v) is 6.20. The van der Waals surface area contributed by atoms with Gasteiger partial charge in [0, 0.05) is 30.1 Å². The summed E-state index contributed by atoms with van der Waals surface area (Å²) in [5.41, 5.74) is 0.262. The Morgan fingerprint density at radius 2 is 1.54 bits per heavy atom. The highest BCUT2D eigenvalue weighted by Crippen LogP contribution is 2.40. The molecule has 2 aromatic carbocycles. The monoisotopic (exact) mass is 387 g/mol. The highest BCUT2D eigenvalue weighted by Gasteiger charge is 2.42. The fourth-order valence-electron chi connectivity index (χ4n) is 4.91. The molecule has 2 bridgehead atoms. The van der Waals surface area contributed by atoms with Crippen LogP contribution in [-0.4, -0.2) is 22.8 Å². The van der Waals surface area contributed by atoms with E-state index in [0.717, 1.165) is 31.9 Å². The molecule has 0 spiro atoms. The van der Waals surface area contributed by atoms with Crippen molar-refractivity contribution < 1.29 is 18.0 Å². The van der Waals surface area contributed by atoms with Crippen molar-refractivity contribution in [3.05, 3.63) is 71.3 Å². The van der Waals surface area contributed by atoms with Crippen molar-refractivity contribution in [3.8, 4) is 0 Å². The van der Waals surface area contributed by atoms with Gasteiger partial charge < -0.3 is 0 Å². The van der Waals surface area contributed by atoms with Gasteiger partial charge in [-0.1, -0.05) is 55.0 Å². The number of halogens is 3. The summed E-state index contributed by atoms with van der Waals surface area (Å²) in [6.07, 6.45) is -0.0679. The number of carbonyl (C=O) groups is 1. The second-order valence-corrected chi connectivity index (χ2v) is 7.97. The molecular formula is C23H24F3NO. The van der Waals surface area contributed by atoms with E-state index in [1.54, 1.807) is 0 Å². The summed E-state index contributed by atoms with van der Waals surface area (Å²) in [5.74, 6) is -0.671. The Labute approximate surface area is 163 Å². The van der Waals surface area contributed by atoms with Crippen LogP contribution >= 0.6 is 0 Å². The van der Waals surface area contributed by atoms with Crippen LogP contribution in [-0.2, 0) is 12.7 Å². The fourth-order valence-corrected chi connectivity index (χ4v) is 4.91. The van der Waals surface area contributed by atoms with Crippen molar-refractivity contribution in [2.45, 2.75) is 56.9 Å². The zero-order chi connectivity index (χ0) is 19.7. The van der Waals surface area contributed by atoms with Crippen molar-refractivity contribution in [1.82, 2.24) is 4.90 Å². The minimum atomic E-state index is -4.50. The van der Waals surface area contributed by atoms with Gasteiger partial charge in [0.15, 0.2) is 5.78 Å². The molecule has 0 amide bonds. The second kappa shape index (κ2) is 7.70. The number of Topliss-reactive ketones (excluding diaryl/α,β-unsaturated/α-hetero) is 1. The molecule has 0 radical (unpaired) electrons. The summed E-state index contributed by atoms with van der Waals surface area (Å²) in [4.78, 5) is 15.5. The van der Waals surface area contributed by atoms with Crippen LogP contribution in [0.3, 0.4) is 0 Å². The number of nitrogens with zero attached hydrogens (tertiary/aromatic N) is 1. The van der Waals surface area contributed by atoms with Gasteiger partial charge in [-0.05, 0) is 37.3 Å². The molecule has 28 heavy (non-hydrogen) atoms. The van der Waals surface area contributed by atoms with E-state index in [0.29, 0.717) is 12.8 Å². The van der Waals surface area contributed by atoms with Gasteiger partial charge in [0.1, 0.15) is 0 Å². The SMILES string of the molecule is O=C(c1ccccc1C(F)(F)F)C1CC2CCCC(C1)N2Cc1ccccc1. The van der Waals surface area contributed by atoms with E-state index < -0.39 is 11.7 Å². The number of rotatable bonds is 4. The summed E-state index contributed by atoms with van der Waals surface area (Å²) in [6, 6.07) is 16.0. The topological polar surface area (TPSA) is 20.3 Å². The van der Waals surface area contributed by atoms with Crippen LogP contribution < -0.4 is 0 Å². The van der Waals surface area contributed by atoms with E-state index in [1.807, 2.05) is 18.2 Å². The summed E-state index contributed by atoms with van der Waals surface area (Å²) in [7, 11) is 0. The smallest absolute Gasteiger partial charge is 0.294 e. The maximum Gasteiger partial charge on any atom is 0.417 e. The van der Waals surface area contributed by atoms with Crippen molar-refractivity contribution in [2.75, 3.05) is 0 Å². The molecule has 2 aliphatic rings. The maximum atomic E-state index is 13.4. The van der Waals surface area contributed by atoms with E-state index in [9.17, 15) is 18.0 Å².